The third-order valence-corrected chi connectivity index (χ3v) is 4.42. The highest BCUT2D eigenvalue weighted by Crippen LogP contribution is 2.28. The highest BCUT2D eigenvalue weighted by Gasteiger charge is 2.35. The third-order valence-electron chi connectivity index (χ3n) is 3.59. The normalized spacial score (nSPS) is 17.7. The molecule has 0 unspecified atom stereocenters. The summed E-state index contributed by atoms with van der Waals surface area (Å²) in [6.45, 7) is 0.222. The molecule has 6 heteroatoms. The zero-order valence-electron chi connectivity index (χ0n) is 11.3. The third kappa shape index (κ3) is 3.10. The SMILES string of the molecule is O=C(c1ccc(-c2nccs2)cc1)N1CCC(F)(F)CC1. The molecular weight excluding hydrogens is 294 g/mol. The van der Waals surface area contributed by atoms with Gasteiger partial charge in [0.05, 0.1) is 0 Å². The predicted octanol–water partition coefficient (Wildman–Crippen LogP) is 3.68. The summed E-state index contributed by atoms with van der Waals surface area (Å²) in [5, 5.41) is 2.79. The number of aromatic nitrogens is 1. The lowest BCUT2D eigenvalue weighted by atomic mass is 10.0. The van der Waals surface area contributed by atoms with Crippen LogP contribution in [0.1, 0.15) is 23.2 Å². The lowest BCUT2D eigenvalue weighted by molar-refractivity contribution is -0.0494. The second kappa shape index (κ2) is 5.52. The number of likely N-dealkylation sites (tertiary alicyclic amines) is 1. The standard InChI is InChI=1S/C15H14F2N2OS/c16-15(17)5-8-19(9-6-15)14(20)12-3-1-11(2-4-12)13-18-7-10-21-13/h1-4,7,10H,5-6,8-9H2. The molecule has 21 heavy (non-hydrogen) atoms. The number of hydrogen-bond donors (Lipinski definition) is 0. The predicted molar refractivity (Wildman–Crippen MR) is 77.6 cm³/mol. The first-order valence-corrected chi connectivity index (χ1v) is 7.60. The first-order chi connectivity index (χ1) is 10.1. The Bertz CT molecular complexity index is 616. The molecule has 0 radical (unpaired) electrons. The van der Waals surface area contributed by atoms with Crippen LogP contribution in [0.5, 0.6) is 0 Å². The van der Waals surface area contributed by atoms with E-state index < -0.39 is 5.92 Å². The van der Waals surface area contributed by atoms with Gasteiger partial charge in [0.2, 0.25) is 0 Å². The van der Waals surface area contributed by atoms with Crippen LogP contribution in [0.2, 0.25) is 0 Å². The average molecular weight is 308 g/mol. The van der Waals surface area contributed by atoms with E-state index in [0.717, 1.165) is 10.6 Å². The summed E-state index contributed by atoms with van der Waals surface area (Å²) >= 11 is 1.53. The first kappa shape index (κ1) is 14.1. The minimum Gasteiger partial charge on any atom is -0.338 e. The second-order valence-electron chi connectivity index (χ2n) is 5.06. The Kier molecular flexibility index (Phi) is 3.71. The molecule has 0 bridgehead atoms. The van der Waals surface area contributed by atoms with E-state index in [0.29, 0.717) is 5.56 Å². The van der Waals surface area contributed by atoms with Crippen molar-refractivity contribution in [3.8, 4) is 10.6 Å². The van der Waals surface area contributed by atoms with Gasteiger partial charge in [0.15, 0.2) is 0 Å². The Morgan fingerprint density at radius 3 is 2.43 bits per heavy atom. The van der Waals surface area contributed by atoms with Crippen LogP contribution in [0.25, 0.3) is 10.6 Å². The number of rotatable bonds is 2. The van der Waals surface area contributed by atoms with Gasteiger partial charge in [-0.05, 0) is 12.1 Å². The van der Waals surface area contributed by atoms with E-state index in [4.69, 9.17) is 0 Å². The van der Waals surface area contributed by atoms with E-state index in [1.54, 1.807) is 18.3 Å². The Labute approximate surface area is 125 Å². The average Bonchev–Trinajstić information content (AvgIpc) is 3.01. The zero-order chi connectivity index (χ0) is 14.9. The van der Waals surface area contributed by atoms with Crippen molar-refractivity contribution in [3.63, 3.8) is 0 Å². The monoisotopic (exact) mass is 308 g/mol. The number of amides is 1. The number of carbonyl (C=O) groups excluding carboxylic acids is 1. The Morgan fingerprint density at radius 2 is 1.86 bits per heavy atom. The fraction of sp³-hybridized carbons (Fsp3) is 0.333. The van der Waals surface area contributed by atoms with Crippen molar-refractivity contribution < 1.29 is 13.6 Å². The van der Waals surface area contributed by atoms with Crippen LogP contribution in [0.4, 0.5) is 8.78 Å². The van der Waals surface area contributed by atoms with Gasteiger partial charge in [0.25, 0.3) is 11.8 Å². The molecule has 0 spiro atoms. The lowest BCUT2D eigenvalue weighted by Gasteiger charge is -2.31. The molecule has 1 aliphatic rings. The summed E-state index contributed by atoms with van der Waals surface area (Å²) in [6.07, 6.45) is 1.22. The smallest absolute Gasteiger partial charge is 0.253 e. The Balaban J connectivity index is 1.71. The van der Waals surface area contributed by atoms with Crippen molar-refractivity contribution in [2.45, 2.75) is 18.8 Å². The number of carbonyl (C=O) groups is 1. The molecule has 2 heterocycles. The number of piperidine rings is 1. The van der Waals surface area contributed by atoms with Crippen molar-refractivity contribution in [2.24, 2.45) is 0 Å². The van der Waals surface area contributed by atoms with Crippen molar-refractivity contribution >= 4 is 17.2 Å². The summed E-state index contributed by atoms with van der Waals surface area (Å²) in [5.74, 6) is -2.82. The first-order valence-electron chi connectivity index (χ1n) is 6.72. The molecule has 1 fully saturated rings. The quantitative estimate of drug-likeness (QED) is 0.848. The molecule has 2 aromatic rings. The number of thiazole rings is 1. The van der Waals surface area contributed by atoms with Gasteiger partial charge in [-0.15, -0.1) is 11.3 Å². The number of halogens is 2. The lowest BCUT2D eigenvalue weighted by Crippen LogP contribution is -2.42. The highest BCUT2D eigenvalue weighted by molar-refractivity contribution is 7.13. The molecule has 1 amide bonds. The van der Waals surface area contributed by atoms with E-state index in [1.165, 1.54) is 16.2 Å². The Hall–Kier alpha value is -1.82. The summed E-state index contributed by atoms with van der Waals surface area (Å²) in [6, 6.07) is 7.13. The number of nitrogens with zero attached hydrogens (tertiary/aromatic N) is 2. The number of hydrogen-bond acceptors (Lipinski definition) is 3. The van der Waals surface area contributed by atoms with Gasteiger partial charge >= 0.3 is 0 Å². The molecule has 1 saturated heterocycles. The van der Waals surface area contributed by atoms with Crippen LogP contribution < -0.4 is 0 Å². The van der Waals surface area contributed by atoms with Crippen molar-refractivity contribution in [3.05, 3.63) is 41.4 Å². The molecule has 1 aromatic carbocycles. The van der Waals surface area contributed by atoms with E-state index in [2.05, 4.69) is 4.98 Å². The number of benzene rings is 1. The maximum atomic E-state index is 13.1. The zero-order valence-corrected chi connectivity index (χ0v) is 12.1. The highest BCUT2D eigenvalue weighted by atomic mass is 32.1. The molecule has 0 saturated carbocycles. The summed E-state index contributed by atoms with van der Waals surface area (Å²) in [4.78, 5) is 18.0. The van der Waals surface area contributed by atoms with E-state index in [-0.39, 0.29) is 31.8 Å². The van der Waals surface area contributed by atoms with Crippen LogP contribution in [-0.4, -0.2) is 34.8 Å². The van der Waals surface area contributed by atoms with Gasteiger partial charge in [-0.2, -0.15) is 0 Å². The van der Waals surface area contributed by atoms with Gasteiger partial charge in [-0.1, -0.05) is 12.1 Å². The molecule has 0 N–H and O–H groups in total. The second-order valence-corrected chi connectivity index (χ2v) is 5.96. The summed E-state index contributed by atoms with van der Waals surface area (Å²) < 4.78 is 26.2. The molecule has 3 rings (SSSR count). The molecule has 1 aromatic heterocycles. The van der Waals surface area contributed by atoms with Crippen molar-refractivity contribution in [2.75, 3.05) is 13.1 Å². The fourth-order valence-electron chi connectivity index (χ4n) is 2.34. The van der Waals surface area contributed by atoms with Crippen LogP contribution in [0.15, 0.2) is 35.8 Å². The Morgan fingerprint density at radius 1 is 1.19 bits per heavy atom. The fourth-order valence-corrected chi connectivity index (χ4v) is 2.99. The van der Waals surface area contributed by atoms with Crippen molar-refractivity contribution in [1.82, 2.24) is 9.88 Å². The minimum atomic E-state index is -2.63. The van der Waals surface area contributed by atoms with E-state index in [1.807, 2.05) is 17.5 Å². The minimum absolute atomic E-state index is 0.111. The molecule has 1 aliphatic heterocycles. The van der Waals surface area contributed by atoms with Crippen LogP contribution in [0.3, 0.4) is 0 Å². The van der Waals surface area contributed by atoms with Crippen LogP contribution >= 0.6 is 11.3 Å². The van der Waals surface area contributed by atoms with Gasteiger partial charge in [0, 0.05) is 48.6 Å². The maximum Gasteiger partial charge on any atom is 0.253 e. The van der Waals surface area contributed by atoms with Crippen molar-refractivity contribution in [1.29, 1.82) is 0 Å². The van der Waals surface area contributed by atoms with Crippen LogP contribution in [-0.2, 0) is 0 Å². The molecule has 3 nitrogen and oxygen atoms in total. The van der Waals surface area contributed by atoms with E-state index >= 15 is 0 Å². The van der Waals surface area contributed by atoms with E-state index in [9.17, 15) is 13.6 Å². The van der Waals surface area contributed by atoms with Crippen LogP contribution in [0, 0.1) is 0 Å². The molecule has 0 aliphatic carbocycles. The topological polar surface area (TPSA) is 33.2 Å². The summed E-state index contributed by atoms with van der Waals surface area (Å²) in [5.41, 5.74) is 1.48. The molecule has 0 atom stereocenters. The van der Waals surface area contributed by atoms with Gasteiger partial charge in [-0.25, -0.2) is 13.8 Å². The maximum absolute atomic E-state index is 13.1. The van der Waals surface area contributed by atoms with Gasteiger partial charge < -0.3 is 4.90 Å². The largest absolute Gasteiger partial charge is 0.338 e. The molecule has 110 valence electrons. The van der Waals surface area contributed by atoms with Gasteiger partial charge in [0.1, 0.15) is 5.01 Å². The van der Waals surface area contributed by atoms with Gasteiger partial charge in [-0.3, -0.25) is 4.79 Å². The number of alkyl halides is 2. The summed E-state index contributed by atoms with van der Waals surface area (Å²) in [7, 11) is 0. The molecular formula is C15H14F2N2OS.